The quantitative estimate of drug-likeness (QED) is 0.711. The Bertz CT molecular complexity index is 1120. The zero-order chi connectivity index (χ0) is 22.7. The molecule has 2 aromatic carbocycles. The fraction of sp³-hybridized carbons (Fsp3) is 0.280. The molecule has 0 saturated carbocycles. The summed E-state index contributed by atoms with van der Waals surface area (Å²) in [6, 6.07) is 17.7. The molecular formula is C25H24N2O5. The average Bonchev–Trinajstić information content (AvgIpc) is 3.34. The maximum atomic E-state index is 12.7. The van der Waals surface area contributed by atoms with E-state index in [9.17, 15) is 10.1 Å². The van der Waals surface area contributed by atoms with E-state index in [-0.39, 0.29) is 23.6 Å². The van der Waals surface area contributed by atoms with Crippen LogP contribution in [0.5, 0.6) is 0 Å². The fourth-order valence-corrected chi connectivity index (χ4v) is 4.05. The van der Waals surface area contributed by atoms with Gasteiger partial charge in [-0.15, -0.1) is 0 Å². The predicted octanol–water partition coefficient (Wildman–Crippen LogP) is 4.04. The Morgan fingerprint density at radius 1 is 1.16 bits per heavy atom. The molecule has 2 aromatic rings. The van der Waals surface area contributed by atoms with Gasteiger partial charge in [0.15, 0.2) is 6.29 Å². The van der Waals surface area contributed by atoms with E-state index in [1.165, 1.54) is 0 Å². The van der Waals surface area contributed by atoms with Crippen LogP contribution in [0.15, 0.2) is 71.3 Å². The molecule has 1 fully saturated rings. The first kappa shape index (κ1) is 21.6. The van der Waals surface area contributed by atoms with Gasteiger partial charge in [0, 0.05) is 5.56 Å². The Labute approximate surface area is 186 Å². The fourth-order valence-electron chi connectivity index (χ4n) is 4.05. The van der Waals surface area contributed by atoms with Gasteiger partial charge in [-0.3, -0.25) is 0 Å². The number of nitriles is 1. The normalized spacial score (nSPS) is 19.0. The van der Waals surface area contributed by atoms with Crippen molar-refractivity contribution in [1.29, 1.82) is 5.26 Å². The molecule has 2 heterocycles. The first-order valence-corrected chi connectivity index (χ1v) is 10.4. The SMILES string of the molecule is CCOC(=O)C1=C(C)OC(N)=C(C#N)C1c1ccc(-c2ccccc2C2OCCO2)cc1. The summed E-state index contributed by atoms with van der Waals surface area (Å²) in [7, 11) is 0. The van der Waals surface area contributed by atoms with E-state index in [0.717, 1.165) is 22.3 Å². The highest BCUT2D eigenvalue weighted by atomic mass is 16.7. The number of allylic oxidation sites excluding steroid dienone is 2. The van der Waals surface area contributed by atoms with Crippen LogP contribution in [0.4, 0.5) is 0 Å². The van der Waals surface area contributed by atoms with Crippen LogP contribution >= 0.6 is 0 Å². The van der Waals surface area contributed by atoms with E-state index in [1.807, 2.05) is 48.5 Å². The first-order chi connectivity index (χ1) is 15.5. The van der Waals surface area contributed by atoms with Gasteiger partial charge in [-0.2, -0.15) is 5.26 Å². The summed E-state index contributed by atoms with van der Waals surface area (Å²) in [5, 5.41) is 9.73. The van der Waals surface area contributed by atoms with Crippen LogP contribution in [0.25, 0.3) is 11.1 Å². The highest BCUT2D eigenvalue weighted by Gasteiger charge is 2.36. The number of hydrogen-bond acceptors (Lipinski definition) is 7. The van der Waals surface area contributed by atoms with E-state index in [4.69, 9.17) is 24.7 Å². The Kier molecular flexibility index (Phi) is 6.26. The average molecular weight is 432 g/mol. The molecule has 1 unspecified atom stereocenters. The number of nitrogens with zero attached hydrogens (tertiary/aromatic N) is 1. The van der Waals surface area contributed by atoms with Gasteiger partial charge in [-0.25, -0.2) is 4.79 Å². The minimum atomic E-state index is -0.668. The van der Waals surface area contributed by atoms with Crippen molar-refractivity contribution < 1.29 is 23.7 Å². The Morgan fingerprint density at radius 2 is 1.84 bits per heavy atom. The summed E-state index contributed by atoms with van der Waals surface area (Å²) >= 11 is 0. The minimum Gasteiger partial charge on any atom is -0.463 e. The van der Waals surface area contributed by atoms with Gasteiger partial charge < -0.3 is 24.7 Å². The number of nitrogens with two attached hydrogens (primary N) is 1. The largest absolute Gasteiger partial charge is 0.463 e. The summed E-state index contributed by atoms with van der Waals surface area (Å²) in [5.41, 5.74) is 10.1. The van der Waals surface area contributed by atoms with Gasteiger partial charge in [0.05, 0.1) is 31.3 Å². The third-order valence-electron chi connectivity index (χ3n) is 5.49. The number of benzene rings is 2. The zero-order valence-corrected chi connectivity index (χ0v) is 18.0. The number of carbonyl (C=O) groups excluding carboxylic acids is 1. The lowest BCUT2D eigenvalue weighted by atomic mass is 9.82. The van der Waals surface area contributed by atoms with Crippen molar-refractivity contribution in [2.75, 3.05) is 19.8 Å². The van der Waals surface area contributed by atoms with Crippen molar-refractivity contribution in [1.82, 2.24) is 0 Å². The maximum Gasteiger partial charge on any atom is 0.338 e. The molecule has 1 atom stereocenters. The molecule has 1 saturated heterocycles. The van der Waals surface area contributed by atoms with Crippen molar-refractivity contribution >= 4 is 5.97 Å². The second-order valence-electron chi connectivity index (χ2n) is 7.40. The summed E-state index contributed by atoms with van der Waals surface area (Å²) in [6.07, 6.45) is -0.393. The monoisotopic (exact) mass is 432 g/mol. The smallest absolute Gasteiger partial charge is 0.338 e. The first-order valence-electron chi connectivity index (χ1n) is 10.4. The van der Waals surface area contributed by atoms with Crippen LogP contribution in [0.3, 0.4) is 0 Å². The molecule has 2 aliphatic rings. The van der Waals surface area contributed by atoms with Crippen LogP contribution in [0.2, 0.25) is 0 Å². The summed E-state index contributed by atoms with van der Waals surface area (Å²) in [6.45, 7) is 4.71. The molecule has 0 radical (unpaired) electrons. The molecule has 0 amide bonds. The predicted molar refractivity (Wildman–Crippen MR) is 117 cm³/mol. The number of carbonyl (C=O) groups is 1. The molecule has 7 nitrogen and oxygen atoms in total. The molecule has 2 N–H and O–H groups in total. The lowest BCUT2D eigenvalue weighted by Gasteiger charge is -2.27. The third-order valence-corrected chi connectivity index (χ3v) is 5.49. The Balaban J connectivity index is 1.74. The Hall–Kier alpha value is -3.60. The van der Waals surface area contributed by atoms with Gasteiger partial charge in [0.2, 0.25) is 5.88 Å². The molecule has 4 rings (SSSR count). The number of esters is 1. The second-order valence-corrected chi connectivity index (χ2v) is 7.40. The van der Waals surface area contributed by atoms with Crippen LogP contribution in [0.1, 0.15) is 37.2 Å². The van der Waals surface area contributed by atoms with Crippen LogP contribution in [-0.4, -0.2) is 25.8 Å². The summed E-state index contributed by atoms with van der Waals surface area (Å²) < 4.78 is 22.1. The lowest BCUT2D eigenvalue weighted by molar-refractivity contribution is -0.139. The van der Waals surface area contributed by atoms with Gasteiger partial charge in [0.1, 0.15) is 17.4 Å². The molecule has 0 bridgehead atoms. The van der Waals surface area contributed by atoms with Crippen LogP contribution < -0.4 is 5.73 Å². The molecule has 164 valence electrons. The van der Waals surface area contributed by atoms with E-state index in [1.54, 1.807) is 13.8 Å². The van der Waals surface area contributed by atoms with E-state index in [0.29, 0.717) is 19.0 Å². The van der Waals surface area contributed by atoms with Gasteiger partial charge in [-0.05, 0) is 30.5 Å². The van der Waals surface area contributed by atoms with E-state index < -0.39 is 18.2 Å². The molecule has 2 aliphatic heterocycles. The molecule has 0 spiro atoms. The Morgan fingerprint density at radius 3 is 2.50 bits per heavy atom. The van der Waals surface area contributed by atoms with E-state index >= 15 is 0 Å². The molecule has 7 heteroatoms. The van der Waals surface area contributed by atoms with Crippen molar-refractivity contribution in [2.45, 2.75) is 26.1 Å². The molecule has 32 heavy (non-hydrogen) atoms. The standard InChI is InChI=1S/C25H24N2O5/c1-3-29-24(28)21-15(2)32-23(27)20(14-26)22(21)17-10-8-16(9-11-17)18-6-4-5-7-19(18)25-30-12-13-31-25/h4-11,22,25H,3,12-13,27H2,1-2H3. The van der Waals surface area contributed by atoms with Gasteiger partial charge in [0.25, 0.3) is 0 Å². The second kappa shape index (κ2) is 9.27. The minimum absolute atomic E-state index is 0.00648. The van der Waals surface area contributed by atoms with Gasteiger partial charge in [-0.1, -0.05) is 48.5 Å². The van der Waals surface area contributed by atoms with E-state index in [2.05, 4.69) is 6.07 Å². The molecule has 0 aliphatic carbocycles. The highest BCUT2D eigenvalue weighted by molar-refractivity contribution is 5.92. The maximum absolute atomic E-state index is 12.7. The van der Waals surface area contributed by atoms with Gasteiger partial charge >= 0.3 is 5.97 Å². The number of ether oxygens (including phenoxy) is 4. The van der Waals surface area contributed by atoms with Crippen LogP contribution in [-0.2, 0) is 23.7 Å². The zero-order valence-electron chi connectivity index (χ0n) is 18.0. The van der Waals surface area contributed by atoms with Crippen molar-refractivity contribution in [3.63, 3.8) is 0 Å². The lowest BCUT2D eigenvalue weighted by Crippen LogP contribution is -2.25. The van der Waals surface area contributed by atoms with Crippen molar-refractivity contribution in [2.24, 2.45) is 5.73 Å². The van der Waals surface area contributed by atoms with Crippen molar-refractivity contribution in [3.05, 3.63) is 82.4 Å². The summed E-state index contributed by atoms with van der Waals surface area (Å²) in [5.74, 6) is -0.873. The van der Waals surface area contributed by atoms with Crippen LogP contribution in [0, 0.1) is 11.3 Å². The van der Waals surface area contributed by atoms with Crippen molar-refractivity contribution in [3.8, 4) is 17.2 Å². The molecule has 0 aromatic heterocycles. The topological polar surface area (TPSA) is 104 Å². The summed E-state index contributed by atoms with van der Waals surface area (Å²) in [4.78, 5) is 12.7. The highest BCUT2D eigenvalue weighted by Crippen LogP contribution is 2.40. The number of rotatable bonds is 5. The molecular weight excluding hydrogens is 408 g/mol. The number of hydrogen-bond donors (Lipinski definition) is 1. The third kappa shape index (κ3) is 3.98.